The normalized spacial score (nSPS) is 13.7. The van der Waals surface area contributed by atoms with E-state index in [1.54, 1.807) is 36.4 Å². The van der Waals surface area contributed by atoms with Gasteiger partial charge in [-0.05, 0) is 54.3 Å². The predicted molar refractivity (Wildman–Crippen MR) is 186 cm³/mol. The van der Waals surface area contributed by atoms with Gasteiger partial charge in [-0.2, -0.15) is 0 Å². The zero-order chi connectivity index (χ0) is 37.7. The largest absolute Gasteiger partial charge is 1.00 e. The van der Waals surface area contributed by atoms with Gasteiger partial charge in [0.05, 0.1) is 33.9 Å². The molecule has 0 saturated carbocycles. The van der Waals surface area contributed by atoms with Crippen LogP contribution in [-0.4, -0.2) is 62.0 Å². The van der Waals surface area contributed by atoms with Gasteiger partial charge in [-0.15, -0.1) is 5.69 Å². The predicted octanol–water partition coefficient (Wildman–Crippen LogP) is 0.677. The van der Waals surface area contributed by atoms with Gasteiger partial charge >= 0.3 is 29.6 Å². The van der Waals surface area contributed by atoms with Gasteiger partial charge < -0.3 is 30.8 Å². The Labute approximate surface area is 323 Å². The molecule has 0 bridgehead atoms. The van der Waals surface area contributed by atoms with Crippen LogP contribution in [0.15, 0.2) is 94.3 Å². The van der Waals surface area contributed by atoms with E-state index in [0.717, 1.165) is 23.9 Å². The molecule has 19 heteroatoms. The molecular formula is C33H37N6NaO10S2. The molecule has 0 amide bonds. The quantitative estimate of drug-likeness (QED) is 0.0940. The molecule has 0 aliphatic heterocycles. The van der Waals surface area contributed by atoms with Gasteiger partial charge in [-0.25, -0.2) is 16.8 Å². The van der Waals surface area contributed by atoms with Crippen molar-refractivity contribution in [3.05, 3.63) is 121 Å². The first kappa shape index (κ1) is 42.4. The van der Waals surface area contributed by atoms with E-state index in [-0.39, 0.29) is 40.7 Å². The van der Waals surface area contributed by atoms with E-state index in [1.807, 2.05) is 26.0 Å². The van der Waals surface area contributed by atoms with Gasteiger partial charge in [-0.3, -0.25) is 20.2 Å². The molecule has 0 heterocycles. The molecule has 0 spiro atoms. The van der Waals surface area contributed by atoms with Crippen LogP contribution in [0.5, 0.6) is 0 Å². The third-order valence-corrected chi connectivity index (χ3v) is 10.3. The molecule has 0 aromatic heterocycles. The maximum atomic E-state index is 12.8. The number of rotatable bonds is 15. The van der Waals surface area contributed by atoms with Crippen molar-refractivity contribution in [3.63, 3.8) is 0 Å². The van der Waals surface area contributed by atoms with E-state index in [2.05, 4.69) is 21.7 Å². The van der Waals surface area contributed by atoms with E-state index in [0.29, 0.717) is 62.3 Å². The molecule has 16 nitrogen and oxygen atoms in total. The van der Waals surface area contributed by atoms with Crippen molar-refractivity contribution in [2.75, 3.05) is 31.1 Å². The number of hydrogen-bond donors (Lipinski definition) is 2. The van der Waals surface area contributed by atoms with E-state index in [9.17, 15) is 46.2 Å². The number of nitrogens with zero attached hydrogens (tertiary/aromatic N) is 4. The Morgan fingerprint density at radius 2 is 1.35 bits per heavy atom. The summed E-state index contributed by atoms with van der Waals surface area (Å²) in [5.41, 5.74) is 6.18. The maximum absolute atomic E-state index is 12.8. The summed E-state index contributed by atoms with van der Waals surface area (Å²) >= 11 is 0. The topological polar surface area (TPSA) is 273 Å². The Hall–Kier alpha value is -3.98. The van der Waals surface area contributed by atoms with Gasteiger partial charge in [0.1, 0.15) is 20.2 Å². The number of benzene rings is 3. The number of nitro groups is 2. The van der Waals surface area contributed by atoms with E-state index >= 15 is 0 Å². The molecule has 1 aliphatic rings. The number of nitro benzene ring substituents is 2. The molecule has 0 unspecified atom stereocenters. The molecule has 1 aliphatic carbocycles. The van der Waals surface area contributed by atoms with Gasteiger partial charge in [0, 0.05) is 48.0 Å². The third kappa shape index (κ3) is 9.51. The molecule has 52 heavy (non-hydrogen) atoms. The first-order valence-electron chi connectivity index (χ1n) is 15.8. The second-order valence-electron chi connectivity index (χ2n) is 11.7. The molecule has 3 aromatic rings. The van der Waals surface area contributed by atoms with Gasteiger partial charge in [-0.1, -0.05) is 54.3 Å². The second-order valence-corrected chi connectivity index (χ2v) is 14.4. The molecule has 272 valence electrons. The molecule has 0 atom stereocenters. The van der Waals surface area contributed by atoms with Crippen LogP contribution in [0.4, 0.5) is 28.4 Å². The molecule has 0 fully saturated rings. The molecular weight excluding hydrogens is 728 g/mol. The summed E-state index contributed by atoms with van der Waals surface area (Å²) < 4.78 is 76.1. The van der Waals surface area contributed by atoms with Crippen LogP contribution in [0.1, 0.15) is 37.8 Å². The van der Waals surface area contributed by atoms with Crippen LogP contribution in [0.25, 0.3) is 10.9 Å². The van der Waals surface area contributed by atoms with Crippen LogP contribution in [0.3, 0.4) is 0 Å². The Morgan fingerprint density at radius 1 is 0.788 bits per heavy atom. The Bertz CT molecular complexity index is 2130. The van der Waals surface area contributed by atoms with E-state index < -0.39 is 68.0 Å². The number of allylic oxidation sites excluding steroid dienone is 5. The number of anilines is 1. The standard InChI is InChI=1S/C33H37N6O10S2.Na/c1-3-37(4-2)24-7-5-22(6-8-24)32(23-11-13-33(14-12-23,15-17-34)16-18-35)26-20-28(31(51(47,48)49)21-30(26)50(44,45)46)36-27-10-9-25(38(40)41)19-29(27)39(42)43;/h5-14,19-21H,3-4,15-18,34-35H2,1-2H3,(H,44,45,46)(H,47,48,49);/q-1;+1. The fraction of sp³-hybridized carbons (Fsp3) is 0.273. The zero-order valence-electron chi connectivity index (χ0n) is 28.9. The summed E-state index contributed by atoms with van der Waals surface area (Å²) in [7, 11) is -11.0. The van der Waals surface area contributed by atoms with Crippen molar-refractivity contribution >= 4 is 54.2 Å². The summed E-state index contributed by atoms with van der Waals surface area (Å²) in [4.78, 5) is 21.1. The van der Waals surface area contributed by atoms with Gasteiger partial charge in [0.25, 0.3) is 11.4 Å². The Morgan fingerprint density at radius 3 is 1.81 bits per heavy atom. The minimum Gasteiger partial charge on any atom is -0.744 e. The summed E-state index contributed by atoms with van der Waals surface area (Å²) in [5.74, 6) is 0. The molecule has 0 saturated heterocycles. The van der Waals surface area contributed by atoms with E-state index in [4.69, 9.17) is 0 Å². The summed E-state index contributed by atoms with van der Waals surface area (Å²) in [5, 5.41) is 27.2. The van der Waals surface area contributed by atoms with Crippen molar-refractivity contribution in [3.8, 4) is 0 Å². The molecule has 3 aromatic carbocycles. The van der Waals surface area contributed by atoms with Gasteiger partial charge in [0.15, 0.2) is 0 Å². The minimum absolute atomic E-state index is 0. The average Bonchev–Trinajstić information content (AvgIpc) is 3.06. The first-order valence-corrected chi connectivity index (χ1v) is 18.6. The second kappa shape index (κ2) is 17.2. The molecule has 0 radical (unpaired) electrons. The smallest absolute Gasteiger partial charge is 0.744 e. The van der Waals surface area contributed by atoms with E-state index in [1.165, 1.54) is 0 Å². The monoisotopic (exact) mass is 764 g/mol. The average molecular weight is 765 g/mol. The van der Waals surface area contributed by atoms with Crippen LogP contribution in [0.2, 0.25) is 0 Å². The zero-order valence-corrected chi connectivity index (χ0v) is 32.5. The maximum Gasteiger partial charge on any atom is 1.00 e. The minimum atomic E-state index is -5.56. The third-order valence-electron chi connectivity index (χ3n) is 8.52. The number of quaternary nitrogens is 2. The Kier molecular flexibility index (Phi) is 14.1. The Balaban J connectivity index is 0.00000729. The molecule has 4 rings (SSSR count). The number of non-ortho nitro benzene ring substituents is 1. The molecule has 6 N–H and O–H groups in total. The number of hydrogen-bond acceptors (Lipinski definition) is 11. The SMILES string of the molecule is CCN(CC)c1ccc(C(=C2C=CC(CC[NH3+])(CC[NH3+])C=C2)c2cc([N-]c3ccc([N+](=O)[O-])cc3[N+](=O)[O-])c(S(=O)(=O)[O-])cc2S(=O)(=O)[O-])cc1.[Na+]. The van der Waals surface area contributed by atoms with Crippen molar-refractivity contribution < 1.29 is 76.8 Å². The van der Waals surface area contributed by atoms with Gasteiger partial charge in [0.2, 0.25) is 0 Å². The summed E-state index contributed by atoms with van der Waals surface area (Å²) in [6.07, 6.45) is 8.72. The van der Waals surface area contributed by atoms with Crippen LogP contribution in [-0.2, 0) is 20.2 Å². The fourth-order valence-electron chi connectivity index (χ4n) is 6.05. The first-order chi connectivity index (χ1) is 24.0. The van der Waals surface area contributed by atoms with Crippen LogP contribution in [0, 0.1) is 25.6 Å². The van der Waals surface area contributed by atoms with Crippen molar-refractivity contribution in [1.82, 2.24) is 0 Å². The van der Waals surface area contributed by atoms with Crippen LogP contribution < -0.4 is 45.9 Å². The van der Waals surface area contributed by atoms with Crippen LogP contribution >= 0.6 is 0 Å². The summed E-state index contributed by atoms with van der Waals surface area (Å²) in [6.45, 7) is 6.55. The van der Waals surface area contributed by atoms with Crippen molar-refractivity contribution in [2.45, 2.75) is 36.5 Å². The summed E-state index contributed by atoms with van der Waals surface area (Å²) in [6, 6.07) is 10.7. The van der Waals surface area contributed by atoms with Crippen molar-refractivity contribution in [2.24, 2.45) is 5.41 Å². The van der Waals surface area contributed by atoms with Crippen molar-refractivity contribution in [1.29, 1.82) is 0 Å². The fourth-order valence-corrected chi connectivity index (χ4v) is 7.44.